The number of nitrogens with one attached hydrogen (secondary N) is 2. The molecule has 2 unspecified atom stereocenters. The lowest BCUT2D eigenvalue weighted by atomic mass is 9.91. The van der Waals surface area contributed by atoms with Gasteiger partial charge in [-0.3, -0.25) is 9.69 Å². The molecule has 158 valence electrons. The molecule has 2 saturated heterocycles. The van der Waals surface area contributed by atoms with Crippen LogP contribution in [0, 0.1) is 11.3 Å². The molecule has 1 saturated carbocycles. The molecule has 0 radical (unpaired) electrons. The van der Waals surface area contributed by atoms with Crippen molar-refractivity contribution in [2.45, 2.75) is 38.1 Å². The molecule has 2 atom stereocenters. The molecule has 5 nitrogen and oxygen atoms in total. The molecule has 1 aromatic rings. The van der Waals surface area contributed by atoms with Crippen molar-refractivity contribution in [3.63, 3.8) is 0 Å². The van der Waals surface area contributed by atoms with Gasteiger partial charge in [-0.1, -0.05) is 18.2 Å². The van der Waals surface area contributed by atoms with Gasteiger partial charge in [0.25, 0.3) is 0 Å². The summed E-state index contributed by atoms with van der Waals surface area (Å²) in [6, 6.07) is 8.42. The van der Waals surface area contributed by atoms with Crippen LogP contribution in [0.15, 0.2) is 24.3 Å². The Kier molecular flexibility index (Phi) is 8.44. The van der Waals surface area contributed by atoms with Crippen LogP contribution >= 0.6 is 24.8 Å². The molecular formula is C21H33Cl2N3O2. The van der Waals surface area contributed by atoms with Crippen LogP contribution in [-0.4, -0.2) is 50.6 Å². The highest BCUT2D eigenvalue weighted by Gasteiger charge is 2.57. The van der Waals surface area contributed by atoms with Crippen molar-refractivity contribution in [3.8, 4) is 5.75 Å². The molecule has 0 bridgehead atoms. The van der Waals surface area contributed by atoms with E-state index in [-0.39, 0.29) is 42.7 Å². The van der Waals surface area contributed by atoms with Crippen LogP contribution in [0.1, 0.15) is 43.7 Å². The van der Waals surface area contributed by atoms with Crippen molar-refractivity contribution >= 4 is 30.7 Å². The average Bonchev–Trinajstić information content (AvgIpc) is 3.11. The highest BCUT2D eigenvalue weighted by atomic mass is 35.5. The number of piperidine rings is 1. The Morgan fingerprint density at radius 3 is 2.61 bits per heavy atom. The van der Waals surface area contributed by atoms with Crippen molar-refractivity contribution < 1.29 is 9.53 Å². The Labute approximate surface area is 180 Å². The summed E-state index contributed by atoms with van der Waals surface area (Å²) in [6.45, 7) is 4.97. The summed E-state index contributed by atoms with van der Waals surface area (Å²) >= 11 is 0. The number of hydrogen-bond acceptors (Lipinski definition) is 4. The summed E-state index contributed by atoms with van der Waals surface area (Å²) in [6.07, 6.45) is 5.83. The Hall–Kier alpha value is -1.01. The summed E-state index contributed by atoms with van der Waals surface area (Å²) in [5.74, 6) is 1.40. The second-order valence-corrected chi connectivity index (χ2v) is 8.12. The van der Waals surface area contributed by atoms with E-state index in [0.29, 0.717) is 12.0 Å². The lowest BCUT2D eigenvalue weighted by molar-refractivity contribution is -0.123. The standard InChI is InChI=1S/C21H31N3O2.2ClH/c1-26-19-7-3-2-6-16(19)18(24-12-4-5-13-24)15-23-20(25)17-14-21(17)8-10-22-11-9-21;;/h2-3,6-7,17-18,22H,4-5,8-15H2,1H3,(H,23,25);2*1H. The number of nitrogens with zero attached hydrogens (tertiary/aromatic N) is 1. The molecule has 1 aliphatic carbocycles. The van der Waals surface area contributed by atoms with Crippen molar-refractivity contribution in [1.29, 1.82) is 0 Å². The first kappa shape index (κ1) is 23.3. The smallest absolute Gasteiger partial charge is 0.223 e. The third-order valence-electron chi connectivity index (χ3n) is 6.65. The largest absolute Gasteiger partial charge is 0.496 e. The zero-order valence-electron chi connectivity index (χ0n) is 16.6. The van der Waals surface area contributed by atoms with Crippen LogP contribution in [-0.2, 0) is 4.79 Å². The van der Waals surface area contributed by atoms with Gasteiger partial charge in [-0.05, 0) is 69.8 Å². The van der Waals surface area contributed by atoms with Crippen LogP contribution < -0.4 is 15.4 Å². The highest BCUT2D eigenvalue weighted by molar-refractivity contribution is 5.85. The van der Waals surface area contributed by atoms with E-state index in [1.54, 1.807) is 7.11 Å². The van der Waals surface area contributed by atoms with Crippen molar-refractivity contribution in [2.75, 3.05) is 39.8 Å². The molecule has 0 aromatic heterocycles. The van der Waals surface area contributed by atoms with Crippen molar-refractivity contribution in [2.24, 2.45) is 11.3 Å². The number of halogens is 2. The van der Waals surface area contributed by atoms with E-state index < -0.39 is 0 Å². The first-order valence-electron chi connectivity index (χ1n) is 10.1. The fraction of sp³-hybridized carbons (Fsp3) is 0.667. The van der Waals surface area contributed by atoms with Crippen LogP contribution in [0.4, 0.5) is 0 Å². The van der Waals surface area contributed by atoms with Gasteiger partial charge in [0.2, 0.25) is 5.91 Å². The molecule has 2 heterocycles. The van der Waals surface area contributed by atoms with Gasteiger partial charge in [-0.25, -0.2) is 0 Å². The number of para-hydroxylation sites is 1. The molecule has 2 aliphatic heterocycles. The predicted octanol–water partition coefficient (Wildman–Crippen LogP) is 3.18. The zero-order valence-corrected chi connectivity index (χ0v) is 18.2. The van der Waals surface area contributed by atoms with E-state index in [0.717, 1.165) is 51.2 Å². The summed E-state index contributed by atoms with van der Waals surface area (Å²) < 4.78 is 5.60. The third-order valence-corrected chi connectivity index (χ3v) is 6.65. The summed E-state index contributed by atoms with van der Waals surface area (Å²) in [4.78, 5) is 15.3. The monoisotopic (exact) mass is 429 g/mol. The van der Waals surface area contributed by atoms with E-state index in [1.807, 2.05) is 12.1 Å². The molecule has 7 heteroatoms. The van der Waals surface area contributed by atoms with Gasteiger partial charge in [0.15, 0.2) is 0 Å². The average molecular weight is 430 g/mol. The summed E-state index contributed by atoms with van der Waals surface area (Å²) in [7, 11) is 1.73. The third kappa shape index (κ3) is 4.76. The number of likely N-dealkylation sites (tertiary alicyclic amines) is 1. The second kappa shape index (κ2) is 10.1. The van der Waals surface area contributed by atoms with E-state index >= 15 is 0 Å². The predicted molar refractivity (Wildman–Crippen MR) is 117 cm³/mol. The number of benzene rings is 1. The number of hydrogen-bond donors (Lipinski definition) is 2. The first-order chi connectivity index (χ1) is 12.7. The number of carbonyl (C=O) groups is 1. The quantitative estimate of drug-likeness (QED) is 0.728. The van der Waals surface area contributed by atoms with Crippen LogP contribution in [0.5, 0.6) is 5.75 Å². The van der Waals surface area contributed by atoms with E-state index in [1.165, 1.54) is 18.4 Å². The normalized spacial score (nSPS) is 24.0. The first-order valence-corrected chi connectivity index (χ1v) is 10.1. The van der Waals surface area contributed by atoms with Crippen LogP contribution in [0.2, 0.25) is 0 Å². The molecule has 3 aliphatic rings. The highest BCUT2D eigenvalue weighted by Crippen LogP contribution is 2.58. The molecular weight excluding hydrogens is 397 g/mol. The van der Waals surface area contributed by atoms with Gasteiger partial charge in [0.1, 0.15) is 5.75 Å². The second-order valence-electron chi connectivity index (χ2n) is 8.12. The molecule has 28 heavy (non-hydrogen) atoms. The number of rotatable bonds is 6. The lowest BCUT2D eigenvalue weighted by Gasteiger charge is -2.29. The molecule has 4 rings (SSSR count). The molecule has 1 amide bonds. The van der Waals surface area contributed by atoms with Crippen molar-refractivity contribution in [3.05, 3.63) is 29.8 Å². The number of amides is 1. The molecule has 1 aromatic carbocycles. The van der Waals surface area contributed by atoms with Crippen molar-refractivity contribution in [1.82, 2.24) is 15.5 Å². The van der Waals surface area contributed by atoms with E-state index in [4.69, 9.17) is 4.74 Å². The number of carbonyl (C=O) groups excluding carboxylic acids is 1. The minimum atomic E-state index is 0. The van der Waals surface area contributed by atoms with E-state index in [9.17, 15) is 4.79 Å². The zero-order chi connectivity index (χ0) is 18.0. The maximum Gasteiger partial charge on any atom is 0.223 e. The molecule has 2 N–H and O–H groups in total. The van der Waals surface area contributed by atoms with Gasteiger partial charge >= 0.3 is 0 Å². The molecule has 1 spiro atoms. The van der Waals surface area contributed by atoms with Gasteiger partial charge in [0, 0.05) is 18.0 Å². The summed E-state index contributed by atoms with van der Waals surface area (Å²) in [5.41, 5.74) is 1.48. The minimum Gasteiger partial charge on any atom is -0.496 e. The van der Waals surface area contributed by atoms with E-state index in [2.05, 4.69) is 27.7 Å². The Bertz CT molecular complexity index is 646. The Morgan fingerprint density at radius 1 is 1.25 bits per heavy atom. The fourth-order valence-corrected chi connectivity index (χ4v) is 4.95. The van der Waals surface area contributed by atoms with Crippen LogP contribution in [0.3, 0.4) is 0 Å². The van der Waals surface area contributed by atoms with Crippen LogP contribution in [0.25, 0.3) is 0 Å². The number of ether oxygens (including phenoxy) is 1. The topological polar surface area (TPSA) is 53.6 Å². The summed E-state index contributed by atoms with van der Waals surface area (Å²) in [5, 5.41) is 6.70. The Balaban J connectivity index is 0.00000140. The minimum absolute atomic E-state index is 0. The fourth-order valence-electron chi connectivity index (χ4n) is 4.95. The maximum absolute atomic E-state index is 12.8. The molecule has 3 fully saturated rings. The number of methoxy groups -OCH3 is 1. The Morgan fingerprint density at radius 2 is 1.93 bits per heavy atom. The van der Waals surface area contributed by atoms with Gasteiger partial charge < -0.3 is 15.4 Å². The van der Waals surface area contributed by atoms with Gasteiger partial charge in [0.05, 0.1) is 13.2 Å². The van der Waals surface area contributed by atoms with Gasteiger partial charge in [-0.15, -0.1) is 24.8 Å². The SMILES string of the molecule is COc1ccccc1C(CNC(=O)C1CC12CCNCC2)N1CCCC1.Cl.Cl. The lowest BCUT2D eigenvalue weighted by Crippen LogP contribution is -2.39. The maximum atomic E-state index is 12.8. The van der Waals surface area contributed by atoms with Gasteiger partial charge in [-0.2, -0.15) is 0 Å².